The van der Waals surface area contributed by atoms with Crippen molar-refractivity contribution in [2.24, 2.45) is 0 Å². The number of anilines is 1. The lowest BCUT2D eigenvalue weighted by Crippen LogP contribution is -2.32. The monoisotopic (exact) mass is 291 g/mol. The Labute approximate surface area is 121 Å². The topological polar surface area (TPSA) is 32.7 Å². The first-order chi connectivity index (χ1) is 10.2. The Morgan fingerprint density at radius 3 is 2.62 bits per heavy atom. The van der Waals surface area contributed by atoms with E-state index in [0.29, 0.717) is 36.6 Å². The smallest absolute Gasteiger partial charge is 0.148 e. The van der Waals surface area contributed by atoms with Crippen molar-refractivity contribution < 1.29 is 18.6 Å². The van der Waals surface area contributed by atoms with Crippen LogP contribution in [0.25, 0.3) is 0 Å². The zero-order valence-corrected chi connectivity index (χ0v) is 11.4. The lowest BCUT2D eigenvalue weighted by molar-refractivity contribution is 0.259. The van der Waals surface area contributed by atoms with Crippen molar-refractivity contribution in [3.63, 3.8) is 0 Å². The van der Waals surface area contributed by atoms with Crippen LogP contribution in [-0.4, -0.2) is 18.3 Å². The van der Waals surface area contributed by atoms with E-state index in [4.69, 9.17) is 4.74 Å². The Balaban J connectivity index is 1.92. The lowest BCUT2D eigenvalue weighted by Gasteiger charge is -2.32. The maximum atomic E-state index is 13.3. The average molecular weight is 291 g/mol. The minimum absolute atomic E-state index is 0.106. The minimum atomic E-state index is -0.581. The molecule has 110 valence electrons. The van der Waals surface area contributed by atoms with Gasteiger partial charge >= 0.3 is 0 Å². The van der Waals surface area contributed by atoms with E-state index in [0.717, 1.165) is 11.8 Å². The number of halogens is 2. The van der Waals surface area contributed by atoms with E-state index < -0.39 is 11.6 Å². The molecule has 0 atom stereocenters. The normalized spacial score (nSPS) is 13.8. The number of para-hydroxylation sites is 1. The van der Waals surface area contributed by atoms with E-state index in [2.05, 4.69) is 0 Å². The van der Waals surface area contributed by atoms with Gasteiger partial charge in [0.2, 0.25) is 0 Å². The summed E-state index contributed by atoms with van der Waals surface area (Å²) < 4.78 is 32.2. The Hall–Kier alpha value is -2.14. The van der Waals surface area contributed by atoms with Gasteiger partial charge < -0.3 is 14.7 Å². The number of hydrogen-bond acceptors (Lipinski definition) is 3. The van der Waals surface area contributed by atoms with E-state index in [1.54, 1.807) is 6.07 Å². The molecule has 5 heteroatoms. The Bertz CT molecular complexity index is 640. The number of nitrogens with zero attached hydrogens (tertiary/aromatic N) is 1. The second-order valence-electron chi connectivity index (χ2n) is 4.97. The van der Waals surface area contributed by atoms with Crippen LogP contribution < -0.4 is 9.64 Å². The van der Waals surface area contributed by atoms with Gasteiger partial charge in [-0.1, -0.05) is 12.1 Å². The van der Waals surface area contributed by atoms with Crippen LogP contribution >= 0.6 is 0 Å². The summed E-state index contributed by atoms with van der Waals surface area (Å²) in [5.74, 6) is -0.520. The van der Waals surface area contributed by atoms with Crippen molar-refractivity contribution in [3.8, 4) is 5.75 Å². The standard InChI is InChI=1S/C16H15F2NO2/c17-13-6-11(7-14(18)8-13)9-19-4-5-21-16-12(10-20)2-1-3-15(16)19/h1-3,6-8,20H,4-5,9-10H2. The second-order valence-corrected chi connectivity index (χ2v) is 4.97. The third kappa shape index (κ3) is 2.83. The van der Waals surface area contributed by atoms with Crippen LogP contribution in [0.5, 0.6) is 5.75 Å². The predicted molar refractivity (Wildman–Crippen MR) is 75.3 cm³/mol. The molecule has 0 saturated heterocycles. The van der Waals surface area contributed by atoms with Gasteiger partial charge in [0, 0.05) is 18.2 Å². The molecule has 1 aliphatic heterocycles. The van der Waals surface area contributed by atoms with E-state index in [9.17, 15) is 13.9 Å². The number of ether oxygens (including phenoxy) is 1. The highest BCUT2D eigenvalue weighted by atomic mass is 19.1. The molecule has 1 aliphatic rings. The molecule has 1 N–H and O–H groups in total. The number of aliphatic hydroxyl groups excluding tert-OH is 1. The summed E-state index contributed by atoms with van der Waals surface area (Å²) in [5, 5.41) is 9.34. The van der Waals surface area contributed by atoms with Crippen LogP contribution in [0.4, 0.5) is 14.5 Å². The predicted octanol–water partition coefficient (Wildman–Crippen LogP) is 2.86. The first kappa shape index (κ1) is 13.8. The first-order valence-corrected chi connectivity index (χ1v) is 6.73. The summed E-state index contributed by atoms with van der Waals surface area (Å²) in [5.41, 5.74) is 2.11. The van der Waals surface area contributed by atoms with Crippen molar-refractivity contribution in [3.05, 3.63) is 59.2 Å². The van der Waals surface area contributed by atoms with Crippen molar-refractivity contribution in [2.45, 2.75) is 13.2 Å². The molecule has 0 amide bonds. The van der Waals surface area contributed by atoms with Gasteiger partial charge in [0.25, 0.3) is 0 Å². The highest BCUT2D eigenvalue weighted by Gasteiger charge is 2.20. The first-order valence-electron chi connectivity index (χ1n) is 6.73. The molecular weight excluding hydrogens is 276 g/mol. The fourth-order valence-electron chi connectivity index (χ4n) is 2.58. The van der Waals surface area contributed by atoms with Crippen LogP contribution in [0.1, 0.15) is 11.1 Å². The summed E-state index contributed by atoms with van der Waals surface area (Å²) in [6, 6.07) is 9.02. The molecule has 3 nitrogen and oxygen atoms in total. The molecule has 0 fully saturated rings. The molecule has 0 bridgehead atoms. The summed E-state index contributed by atoms with van der Waals surface area (Å²) in [4.78, 5) is 1.99. The minimum Gasteiger partial charge on any atom is -0.489 e. The fraction of sp³-hybridized carbons (Fsp3) is 0.250. The zero-order chi connectivity index (χ0) is 14.8. The van der Waals surface area contributed by atoms with Gasteiger partial charge in [0.1, 0.15) is 24.0 Å². The summed E-state index contributed by atoms with van der Waals surface area (Å²) in [6.45, 7) is 1.38. The zero-order valence-electron chi connectivity index (χ0n) is 11.4. The molecule has 2 aromatic rings. The largest absolute Gasteiger partial charge is 0.489 e. The lowest BCUT2D eigenvalue weighted by atomic mass is 10.1. The van der Waals surface area contributed by atoms with Crippen molar-refractivity contribution in [1.29, 1.82) is 0 Å². The molecule has 0 unspecified atom stereocenters. The van der Waals surface area contributed by atoms with Gasteiger partial charge in [-0.2, -0.15) is 0 Å². The Kier molecular flexibility index (Phi) is 3.75. The SMILES string of the molecule is OCc1cccc2c1OCCN2Cc1cc(F)cc(F)c1. The number of fused-ring (bicyclic) bond motifs is 1. The molecule has 0 spiro atoms. The van der Waals surface area contributed by atoms with Crippen molar-refractivity contribution in [1.82, 2.24) is 0 Å². The summed E-state index contributed by atoms with van der Waals surface area (Å²) in [7, 11) is 0. The summed E-state index contributed by atoms with van der Waals surface area (Å²) >= 11 is 0. The number of rotatable bonds is 3. The Morgan fingerprint density at radius 2 is 1.90 bits per heavy atom. The van der Waals surface area contributed by atoms with Gasteiger partial charge in [-0.3, -0.25) is 0 Å². The van der Waals surface area contributed by atoms with Crippen LogP contribution in [0.15, 0.2) is 36.4 Å². The molecule has 21 heavy (non-hydrogen) atoms. The molecule has 0 saturated carbocycles. The third-order valence-corrected chi connectivity index (χ3v) is 3.49. The highest BCUT2D eigenvalue weighted by molar-refractivity contribution is 5.63. The van der Waals surface area contributed by atoms with Crippen LogP contribution in [0.3, 0.4) is 0 Å². The third-order valence-electron chi connectivity index (χ3n) is 3.49. The number of hydrogen-bond donors (Lipinski definition) is 1. The quantitative estimate of drug-likeness (QED) is 0.944. The van der Waals surface area contributed by atoms with Gasteiger partial charge in [-0.05, 0) is 23.8 Å². The molecule has 0 radical (unpaired) electrons. The Morgan fingerprint density at radius 1 is 1.14 bits per heavy atom. The molecule has 3 rings (SSSR count). The van der Waals surface area contributed by atoms with E-state index in [1.165, 1.54) is 12.1 Å². The van der Waals surface area contributed by atoms with E-state index in [-0.39, 0.29) is 6.61 Å². The molecule has 0 aromatic heterocycles. The average Bonchev–Trinajstić information content (AvgIpc) is 2.46. The van der Waals surface area contributed by atoms with Crippen LogP contribution in [0, 0.1) is 11.6 Å². The molecular formula is C16H15F2NO2. The maximum Gasteiger partial charge on any atom is 0.148 e. The van der Waals surface area contributed by atoms with Gasteiger partial charge in [-0.25, -0.2) is 8.78 Å². The maximum absolute atomic E-state index is 13.3. The van der Waals surface area contributed by atoms with Gasteiger partial charge in [0.05, 0.1) is 18.8 Å². The highest BCUT2D eigenvalue weighted by Crippen LogP contribution is 2.35. The number of aliphatic hydroxyl groups is 1. The van der Waals surface area contributed by atoms with Gasteiger partial charge in [0.15, 0.2) is 0 Å². The van der Waals surface area contributed by atoms with E-state index in [1.807, 2.05) is 17.0 Å². The van der Waals surface area contributed by atoms with Gasteiger partial charge in [-0.15, -0.1) is 0 Å². The molecule has 1 heterocycles. The van der Waals surface area contributed by atoms with Crippen molar-refractivity contribution >= 4 is 5.69 Å². The fourth-order valence-corrected chi connectivity index (χ4v) is 2.58. The summed E-state index contributed by atoms with van der Waals surface area (Å²) in [6.07, 6.45) is 0. The van der Waals surface area contributed by atoms with Crippen LogP contribution in [-0.2, 0) is 13.2 Å². The second kappa shape index (κ2) is 5.69. The van der Waals surface area contributed by atoms with E-state index >= 15 is 0 Å². The van der Waals surface area contributed by atoms with Crippen molar-refractivity contribution in [2.75, 3.05) is 18.1 Å². The molecule has 2 aromatic carbocycles. The van der Waals surface area contributed by atoms with Crippen LogP contribution in [0.2, 0.25) is 0 Å². The molecule has 0 aliphatic carbocycles. The number of benzene rings is 2.